The zero-order valence-electron chi connectivity index (χ0n) is 15.4. The maximum atomic E-state index is 12.2. The summed E-state index contributed by atoms with van der Waals surface area (Å²) < 4.78 is 0. The summed E-state index contributed by atoms with van der Waals surface area (Å²) in [6.07, 6.45) is 1.70. The Morgan fingerprint density at radius 3 is 2.17 bits per heavy atom. The number of nitrogens with two attached hydrogens (primary N) is 1. The van der Waals surface area contributed by atoms with Crippen molar-refractivity contribution in [2.75, 3.05) is 13.1 Å². The molecule has 0 saturated carbocycles. The molecule has 23 heavy (non-hydrogen) atoms. The van der Waals surface area contributed by atoms with E-state index in [-0.39, 0.29) is 11.4 Å². The van der Waals surface area contributed by atoms with Crippen LogP contribution < -0.4 is 11.1 Å². The number of rotatable bonds is 9. The molecule has 0 aromatic heterocycles. The van der Waals surface area contributed by atoms with E-state index in [2.05, 4.69) is 44.8 Å². The molecular formula is C19H33N3O. The Balaban J connectivity index is 2.64. The molecule has 0 heterocycles. The molecule has 0 saturated heterocycles. The van der Waals surface area contributed by atoms with Gasteiger partial charge in [0.1, 0.15) is 0 Å². The summed E-state index contributed by atoms with van der Waals surface area (Å²) in [4.78, 5) is 14.6. The quantitative estimate of drug-likeness (QED) is 0.735. The van der Waals surface area contributed by atoms with Crippen LogP contribution in [0.25, 0.3) is 0 Å². The number of nitrogens with one attached hydrogen (secondary N) is 1. The van der Waals surface area contributed by atoms with Crippen molar-refractivity contribution in [3.05, 3.63) is 35.4 Å². The highest BCUT2D eigenvalue weighted by Crippen LogP contribution is 2.12. The standard InChI is InChI=1S/C19H33N3O/c1-6-19(20,7-2)14-21-18(23)17-11-9-16(10-12-17)13-22(8-3)15(4)5/h9-12,15H,6-8,13-14,20H2,1-5H3,(H,21,23). The van der Waals surface area contributed by atoms with Gasteiger partial charge in [0.25, 0.3) is 5.91 Å². The summed E-state index contributed by atoms with van der Waals surface area (Å²) >= 11 is 0. The van der Waals surface area contributed by atoms with Crippen LogP contribution in [0.15, 0.2) is 24.3 Å². The average Bonchev–Trinajstić information content (AvgIpc) is 2.57. The lowest BCUT2D eigenvalue weighted by molar-refractivity contribution is 0.0942. The molecule has 3 N–H and O–H groups in total. The Kier molecular flexibility index (Phi) is 7.73. The topological polar surface area (TPSA) is 58.4 Å². The Morgan fingerprint density at radius 1 is 1.17 bits per heavy atom. The maximum absolute atomic E-state index is 12.2. The average molecular weight is 319 g/mol. The fourth-order valence-electron chi connectivity index (χ4n) is 2.51. The van der Waals surface area contributed by atoms with Crippen molar-refractivity contribution in [2.45, 2.75) is 65.6 Å². The molecular weight excluding hydrogens is 286 g/mol. The van der Waals surface area contributed by atoms with Crippen LogP contribution in [0.1, 0.15) is 63.4 Å². The first kappa shape index (κ1) is 19.7. The monoisotopic (exact) mass is 319 g/mol. The van der Waals surface area contributed by atoms with E-state index in [9.17, 15) is 4.79 Å². The summed E-state index contributed by atoms with van der Waals surface area (Å²) in [5.41, 5.74) is 7.83. The van der Waals surface area contributed by atoms with Crippen LogP contribution in [-0.2, 0) is 6.54 Å². The zero-order valence-corrected chi connectivity index (χ0v) is 15.4. The van der Waals surface area contributed by atoms with E-state index >= 15 is 0 Å². The first-order valence-corrected chi connectivity index (χ1v) is 8.75. The van der Waals surface area contributed by atoms with E-state index in [1.165, 1.54) is 5.56 Å². The van der Waals surface area contributed by atoms with Crippen molar-refractivity contribution in [1.29, 1.82) is 0 Å². The van der Waals surface area contributed by atoms with Gasteiger partial charge in [-0.25, -0.2) is 0 Å². The van der Waals surface area contributed by atoms with Crippen LogP contribution >= 0.6 is 0 Å². The highest BCUT2D eigenvalue weighted by atomic mass is 16.1. The normalized spacial score (nSPS) is 12.0. The van der Waals surface area contributed by atoms with Gasteiger partial charge in [0, 0.05) is 30.2 Å². The van der Waals surface area contributed by atoms with E-state index in [4.69, 9.17) is 5.73 Å². The first-order valence-electron chi connectivity index (χ1n) is 8.75. The molecule has 0 fully saturated rings. The lowest BCUT2D eigenvalue weighted by Crippen LogP contribution is -2.49. The summed E-state index contributed by atoms with van der Waals surface area (Å²) in [6, 6.07) is 8.39. The Bertz CT molecular complexity index is 478. The molecule has 130 valence electrons. The molecule has 0 spiro atoms. The third-order valence-corrected chi connectivity index (χ3v) is 4.75. The largest absolute Gasteiger partial charge is 0.350 e. The van der Waals surface area contributed by atoms with E-state index in [1.807, 2.05) is 24.3 Å². The van der Waals surface area contributed by atoms with E-state index in [0.717, 1.165) is 25.9 Å². The minimum atomic E-state index is -0.311. The Hall–Kier alpha value is -1.39. The van der Waals surface area contributed by atoms with Gasteiger partial charge in [0.05, 0.1) is 0 Å². The van der Waals surface area contributed by atoms with Gasteiger partial charge in [-0.1, -0.05) is 32.9 Å². The fraction of sp³-hybridized carbons (Fsp3) is 0.632. The number of carbonyl (C=O) groups excluding carboxylic acids is 1. The molecule has 1 amide bonds. The number of benzene rings is 1. The van der Waals surface area contributed by atoms with Crippen LogP contribution in [0.5, 0.6) is 0 Å². The predicted molar refractivity (Wildman–Crippen MR) is 97.5 cm³/mol. The molecule has 1 aromatic carbocycles. The van der Waals surface area contributed by atoms with Crippen molar-refractivity contribution in [3.8, 4) is 0 Å². The third-order valence-electron chi connectivity index (χ3n) is 4.75. The van der Waals surface area contributed by atoms with Gasteiger partial charge in [0.15, 0.2) is 0 Å². The van der Waals surface area contributed by atoms with Crippen molar-refractivity contribution < 1.29 is 4.79 Å². The first-order chi connectivity index (χ1) is 10.8. The van der Waals surface area contributed by atoms with Crippen LogP contribution in [0.2, 0.25) is 0 Å². The Morgan fingerprint density at radius 2 is 1.74 bits per heavy atom. The summed E-state index contributed by atoms with van der Waals surface area (Å²) in [7, 11) is 0. The summed E-state index contributed by atoms with van der Waals surface area (Å²) in [5, 5.41) is 2.96. The van der Waals surface area contributed by atoms with E-state index < -0.39 is 0 Å². The van der Waals surface area contributed by atoms with E-state index in [0.29, 0.717) is 18.2 Å². The number of hydrogen-bond donors (Lipinski definition) is 2. The second kappa shape index (κ2) is 9.04. The number of nitrogens with zero attached hydrogens (tertiary/aromatic N) is 1. The molecule has 0 bridgehead atoms. The van der Waals surface area contributed by atoms with Gasteiger partial charge in [0.2, 0.25) is 0 Å². The molecule has 0 aliphatic carbocycles. The second-order valence-corrected chi connectivity index (χ2v) is 6.61. The lowest BCUT2D eigenvalue weighted by atomic mass is 9.94. The molecule has 0 unspecified atom stereocenters. The van der Waals surface area contributed by atoms with Gasteiger partial charge in [-0.15, -0.1) is 0 Å². The minimum Gasteiger partial charge on any atom is -0.350 e. The van der Waals surface area contributed by atoms with Gasteiger partial charge in [-0.3, -0.25) is 9.69 Å². The van der Waals surface area contributed by atoms with Crippen molar-refractivity contribution in [3.63, 3.8) is 0 Å². The lowest BCUT2D eigenvalue weighted by Gasteiger charge is -2.27. The van der Waals surface area contributed by atoms with Crippen LogP contribution in [0.4, 0.5) is 0 Å². The van der Waals surface area contributed by atoms with Crippen molar-refractivity contribution >= 4 is 5.91 Å². The molecule has 4 heteroatoms. The maximum Gasteiger partial charge on any atom is 0.251 e. The predicted octanol–water partition coefficient (Wildman–Crippen LogP) is 3.16. The Labute approximate surface area is 141 Å². The van der Waals surface area contributed by atoms with Crippen LogP contribution in [0.3, 0.4) is 0 Å². The summed E-state index contributed by atoms with van der Waals surface area (Å²) in [5.74, 6) is -0.0514. The number of hydrogen-bond acceptors (Lipinski definition) is 3. The molecule has 4 nitrogen and oxygen atoms in total. The van der Waals surface area contributed by atoms with Gasteiger partial charge in [-0.2, -0.15) is 0 Å². The van der Waals surface area contributed by atoms with Gasteiger partial charge < -0.3 is 11.1 Å². The molecule has 0 aliphatic heterocycles. The van der Waals surface area contributed by atoms with Crippen molar-refractivity contribution in [2.24, 2.45) is 5.73 Å². The molecule has 0 atom stereocenters. The highest BCUT2D eigenvalue weighted by molar-refractivity contribution is 5.94. The zero-order chi connectivity index (χ0) is 17.5. The second-order valence-electron chi connectivity index (χ2n) is 6.61. The third kappa shape index (κ3) is 5.96. The molecule has 0 aliphatic rings. The SMILES string of the molecule is CCN(Cc1ccc(C(=O)NCC(N)(CC)CC)cc1)C(C)C. The number of carbonyl (C=O) groups is 1. The van der Waals surface area contributed by atoms with Crippen LogP contribution in [0, 0.1) is 0 Å². The minimum absolute atomic E-state index is 0.0514. The summed E-state index contributed by atoms with van der Waals surface area (Å²) in [6.45, 7) is 13.1. The molecule has 1 rings (SSSR count). The number of amides is 1. The smallest absolute Gasteiger partial charge is 0.251 e. The van der Waals surface area contributed by atoms with Crippen molar-refractivity contribution in [1.82, 2.24) is 10.2 Å². The molecule has 1 aromatic rings. The fourth-order valence-corrected chi connectivity index (χ4v) is 2.51. The van der Waals surface area contributed by atoms with E-state index in [1.54, 1.807) is 0 Å². The molecule has 0 radical (unpaired) electrons. The van der Waals surface area contributed by atoms with Gasteiger partial charge >= 0.3 is 0 Å². The van der Waals surface area contributed by atoms with Crippen LogP contribution in [-0.4, -0.2) is 35.5 Å². The van der Waals surface area contributed by atoms with Gasteiger partial charge in [-0.05, 0) is 50.9 Å². The highest BCUT2D eigenvalue weighted by Gasteiger charge is 2.21.